The fourth-order valence-corrected chi connectivity index (χ4v) is 3.34. The van der Waals surface area contributed by atoms with Gasteiger partial charge in [0, 0.05) is 25.4 Å². The van der Waals surface area contributed by atoms with Crippen molar-refractivity contribution in [1.82, 2.24) is 9.88 Å². The standard InChI is InChI=1S/C17H22N2O3/c1-2-9-21-15-10-17(22-12-15)6-4-8-19(13-17)16(20)14-5-3-7-18-11-14/h2-3,5,7,11,15H,1,4,6,8-10,12-13H2. The van der Waals surface area contributed by atoms with Crippen molar-refractivity contribution in [3.63, 3.8) is 0 Å². The van der Waals surface area contributed by atoms with Crippen LogP contribution in [-0.2, 0) is 9.47 Å². The van der Waals surface area contributed by atoms with Gasteiger partial charge in [0.05, 0.1) is 37.0 Å². The van der Waals surface area contributed by atoms with Crippen molar-refractivity contribution in [1.29, 1.82) is 0 Å². The summed E-state index contributed by atoms with van der Waals surface area (Å²) in [4.78, 5) is 18.5. The Labute approximate surface area is 130 Å². The number of piperidine rings is 1. The quantitative estimate of drug-likeness (QED) is 0.799. The van der Waals surface area contributed by atoms with Gasteiger partial charge >= 0.3 is 0 Å². The van der Waals surface area contributed by atoms with Crippen LogP contribution in [0.2, 0.25) is 0 Å². The monoisotopic (exact) mass is 302 g/mol. The van der Waals surface area contributed by atoms with Crippen LogP contribution >= 0.6 is 0 Å². The van der Waals surface area contributed by atoms with Crippen molar-refractivity contribution in [3.8, 4) is 0 Å². The molecule has 2 aliphatic heterocycles. The van der Waals surface area contributed by atoms with Gasteiger partial charge in [0.2, 0.25) is 0 Å². The molecule has 0 aromatic carbocycles. The lowest BCUT2D eigenvalue weighted by molar-refractivity contribution is -0.0461. The first kappa shape index (κ1) is 15.2. The summed E-state index contributed by atoms with van der Waals surface area (Å²) >= 11 is 0. The van der Waals surface area contributed by atoms with E-state index in [4.69, 9.17) is 9.47 Å². The van der Waals surface area contributed by atoms with Gasteiger partial charge in [0.1, 0.15) is 0 Å². The molecule has 2 atom stereocenters. The third-order valence-electron chi connectivity index (χ3n) is 4.36. The second-order valence-electron chi connectivity index (χ2n) is 6.01. The van der Waals surface area contributed by atoms with Gasteiger partial charge < -0.3 is 14.4 Å². The fourth-order valence-electron chi connectivity index (χ4n) is 3.34. The molecule has 0 aliphatic carbocycles. The van der Waals surface area contributed by atoms with Gasteiger partial charge in [-0.25, -0.2) is 0 Å². The Kier molecular flexibility index (Phi) is 4.55. The maximum absolute atomic E-state index is 12.6. The van der Waals surface area contributed by atoms with E-state index < -0.39 is 0 Å². The van der Waals surface area contributed by atoms with Crippen LogP contribution < -0.4 is 0 Å². The van der Waals surface area contributed by atoms with Crippen molar-refractivity contribution in [2.45, 2.75) is 31.0 Å². The molecule has 2 aliphatic rings. The molecule has 0 bridgehead atoms. The highest BCUT2D eigenvalue weighted by Gasteiger charge is 2.44. The molecule has 1 amide bonds. The van der Waals surface area contributed by atoms with Gasteiger partial charge in [-0.3, -0.25) is 9.78 Å². The van der Waals surface area contributed by atoms with Gasteiger partial charge in [-0.15, -0.1) is 6.58 Å². The predicted molar refractivity (Wildman–Crippen MR) is 82.6 cm³/mol. The Bertz CT molecular complexity index is 534. The lowest BCUT2D eigenvalue weighted by atomic mass is 9.89. The van der Waals surface area contributed by atoms with Gasteiger partial charge in [0.15, 0.2) is 0 Å². The van der Waals surface area contributed by atoms with E-state index in [0.717, 1.165) is 25.8 Å². The third kappa shape index (κ3) is 3.20. The molecule has 2 fully saturated rings. The number of carbonyl (C=O) groups is 1. The Balaban J connectivity index is 1.65. The van der Waals surface area contributed by atoms with E-state index in [1.807, 2.05) is 11.0 Å². The second-order valence-corrected chi connectivity index (χ2v) is 6.01. The Morgan fingerprint density at radius 1 is 1.64 bits per heavy atom. The zero-order valence-electron chi connectivity index (χ0n) is 12.7. The van der Waals surface area contributed by atoms with Crippen LogP contribution in [0.25, 0.3) is 0 Å². The molecule has 1 spiro atoms. The van der Waals surface area contributed by atoms with E-state index in [0.29, 0.717) is 25.3 Å². The number of ether oxygens (including phenoxy) is 2. The number of amides is 1. The average molecular weight is 302 g/mol. The van der Waals surface area contributed by atoms with E-state index in [9.17, 15) is 4.79 Å². The lowest BCUT2D eigenvalue weighted by Gasteiger charge is -2.39. The summed E-state index contributed by atoms with van der Waals surface area (Å²) in [6.45, 7) is 6.22. The molecule has 5 nitrogen and oxygen atoms in total. The maximum atomic E-state index is 12.6. The summed E-state index contributed by atoms with van der Waals surface area (Å²) in [6.07, 6.45) is 7.94. The first-order valence-corrected chi connectivity index (χ1v) is 7.78. The number of nitrogens with zero attached hydrogens (tertiary/aromatic N) is 2. The van der Waals surface area contributed by atoms with Crippen LogP contribution in [0.15, 0.2) is 37.2 Å². The highest BCUT2D eigenvalue weighted by Crippen LogP contribution is 2.36. The fraction of sp³-hybridized carbons (Fsp3) is 0.529. The van der Waals surface area contributed by atoms with E-state index >= 15 is 0 Å². The topological polar surface area (TPSA) is 51.7 Å². The number of hydrogen-bond donors (Lipinski definition) is 0. The van der Waals surface area contributed by atoms with Gasteiger partial charge in [0.25, 0.3) is 5.91 Å². The predicted octanol–water partition coefficient (Wildman–Crippen LogP) is 2.05. The molecule has 1 aromatic rings. The van der Waals surface area contributed by atoms with Gasteiger partial charge in [-0.2, -0.15) is 0 Å². The molecule has 2 saturated heterocycles. The number of rotatable bonds is 4. The molecule has 0 N–H and O–H groups in total. The zero-order chi connectivity index (χ0) is 15.4. The van der Waals surface area contributed by atoms with Crippen LogP contribution in [0, 0.1) is 0 Å². The largest absolute Gasteiger partial charge is 0.372 e. The van der Waals surface area contributed by atoms with Crippen molar-refractivity contribution >= 4 is 5.91 Å². The second kappa shape index (κ2) is 6.58. The molecular formula is C17H22N2O3. The van der Waals surface area contributed by atoms with Crippen molar-refractivity contribution in [2.24, 2.45) is 0 Å². The molecule has 0 radical (unpaired) electrons. The van der Waals surface area contributed by atoms with Crippen LogP contribution in [0.4, 0.5) is 0 Å². The molecular weight excluding hydrogens is 280 g/mol. The highest BCUT2D eigenvalue weighted by atomic mass is 16.6. The molecule has 3 rings (SSSR count). The lowest BCUT2D eigenvalue weighted by Crippen LogP contribution is -2.50. The van der Waals surface area contributed by atoms with Gasteiger partial charge in [-0.05, 0) is 25.0 Å². The average Bonchev–Trinajstić information content (AvgIpc) is 2.95. The number of hydrogen-bond acceptors (Lipinski definition) is 4. The summed E-state index contributed by atoms with van der Waals surface area (Å²) in [5, 5.41) is 0. The summed E-state index contributed by atoms with van der Waals surface area (Å²) < 4.78 is 11.7. The Morgan fingerprint density at radius 2 is 2.55 bits per heavy atom. The summed E-state index contributed by atoms with van der Waals surface area (Å²) in [7, 11) is 0. The van der Waals surface area contributed by atoms with E-state index in [-0.39, 0.29) is 17.6 Å². The van der Waals surface area contributed by atoms with Crippen molar-refractivity contribution in [2.75, 3.05) is 26.3 Å². The molecule has 0 saturated carbocycles. The molecule has 118 valence electrons. The third-order valence-corrected chi connectivity index (χ3v) is 4.36. The zero-order valence-corrected chi connectivity index (χ0v) is 12.7. The van der Waals surface area contributed by atoms with E-state index in [1.165, 1.54) is 0 Å². The van der Waals surface area contributed by atoms with Crippen LogP contribution in [0.3, 0.4) is 0 Å². The molecule has 1 aromatic heterocycles. The summed E-state index contributed by atoms with van der Waals surface area (Å²) in [5.74, 6) is 0.0336. The van der Waals surface area contributed by atoms with Crippen LogP contribution in [0.1, 0.15) is 29.6 Å². The summed E-state index contributed by atoms with van der Waals surface area (Å²) in [6, 6.07) is 3.60. The molecule has 2 unspecified atom stereocenters. The minimum atomic E-state index is -0.248. The highest BCUT2D eigenvalue weighted by molar-refractivity contribution is 5.94. The maximum Gasteiger partial charge on any atom is 0.255 e. The molecule has 5 heteroatoms. The molecule has 3 heterocycles. The number of pyridine rings is 1. The Morgan fingerprint density at radius 3 is 3.32 bits per heavy atom. The number of likely N-dealkylation sites (tertiary alicyclic amines) is 1. The van der Waals surface area contributed by atoms with Crippen LogP contribution in [-0.4, -0.2) is 53.8 Å². The van der Waals surface area contributed by atoms with E-state index in [2.05, 4.69) is 11.6 Å². The summed E-state index contributed by atoms with van der Waals surface area (Å²) in [5.41, 5.74) is 0.388. The SMILES string of the molecule is C=CCOC1COC2(CCCN(C(=O)c3cccnc3)C2)C1. The van der Waals surface area contributed by atoms with Gasteiger partial charge in [-0.1, -0.05) is 6.08 Å². The number of carbonyl (C=O) groups excluding carboxylic acids is 1. The normalized spacial score (nSPS) is 28.0. The smallest absolute Gasteiger partial charge is 0.255 e. The first-order valence-electron chi connectivity index (χ1n) is 7.78. The minimum Gasteiger partial charge on any atom is -0.372 e. The van der Waals surface area contributed by atoms with Crippen LogP contribution in [0.5, 0.6) is 0 Å². The first-order chi connectivity index (χ1) is 10.7. The van der Waals surface area contributed by atoms with Crippen molar-refractivity contribution < 1.29 is 14.3 Å². The van der Waals surface area contributed by atoms with E-state index in [1.54, 1.807) is 24.5 Å². The minimum absolute atomic E-state index is 0.0336. The molecule has 22 heavy (non-hydrogen) atoms. The van der Waals surface area contributed by atoms with Crippen molar-refractivity contribution in [3.05, 3.63) is 42.7 Å². The number of aromatic nitrogens is 1. The Hall–Kier alpha value is -1.72.